The minimum absolute atomic E-state index is 0.00625. The topological polar surface area (TPSA) is 101 Å². The summed E-state index contributed by atoms with van der Waals surface area (Å²) in [4.78, 5) is 31.8. The van der Waals surface area contributed by atoms with Gasteiger partial charge >= 0.3 is 0 Å². The highest BCUT2D eigenvalue weighted by Gasteiger charge is 2.23. The van der Waals surface area contributed by atoms with Crippen molar-refractivity contribution in [2.24, 2.45) is 0 Å². The molecule has 7 nitrogen and oxygen atoms in total. The Balaban J connectivity index is 1.53. The molecule has 2 aromatic heterocycles. The molecule has 35 heavy (non-hydrogen) atoms. The number of H-pyrrole nitrogens is 1. The molecule has 0 bridgehead atoms. The molecule has 3 aromatic carbocycles. The molecular weight excluding hydrogens is 440 g/mol. The van der Waals surface area contributed by atoms with Gasteiger partial charge < -0.3 is 10.3 Å². The Bertz CT molecular complexity index is 1500. The zero-order chi connectivity index (χ0) is 24.2. The highest BCUT2D eigenvalue weighted by Crippen LogP contribution is 2.36. The second kappa shape index (κ2) is 9.61. The number of nitrogens with one attached hydrogen (secondary N) is 2. The highest BCUT2D eigenvalue weighted by molar-refractivity contribution is 5.93. The van der Waals surface area contributed by atoms with E-state index in [0.717, 1.165) is 27.7 Å². The van der Waals surface area contributed by atoms with Crippen LogP contribution in [0.2, 0.25) is 0 Å². The standard InChI is InChI=1S/C28H22N4O3/c33-28(31-21-8-2-1-3-9-21)17-24(19-7-6-10-22(15-19)32(34)35)25-18-30-27-16-20(12-13-23(25)27)26-11-4-5-14-29-26/h1-16,18,24,30H,17H2,(H,31,33)/t24-/m1/s1. The van der Waals surface area contributed by atoms with Crippen LogP contribution < -0.4 is 5.32 Å². The van der Waals surface area contributed by atoms with Gasteiger partial charge in [0.25, 0.3) is 5.69 Å². The quantitative estimate of drug-likeness (QED) is 0.219. The normalized spacial score (nSPS) is 11.8. The molecule has 0 saturated carbocycles. The summed E-state index contributed by atoms with van der Waals surface area (Å²) in [6, 6.07) is 27.5. The van der Waals surface area contributed by atoms with Crippen molar-refractivity contribution < 1.29 is 9.72 Å². The lowest BCUT2D eigenvalue weighted by Gasteiger charge is -2.17. The van der Waals surface area contributed by atoms with Gasteiger partial charge in [-0.3, -0.25) is 19.9 Å². The zero-order valence-corrected chi connectivity index (χ0v) is 18.7. The second-order valence-electron chi connectivity index (χ2n) is 8.24. The summed E-state index contributed by atoms with van der Waals surface area (Å²) in [5.74, 6) is -0.555. The van der Waals surface area contributed by atoms with Crippen LogP contribution in [-0.2, 0) is 4.79 Å². The predicted molar refractivity (Wildman–Crippen MR) is 136 cm³/mol. The Morgan fingerprint density at radius 3 is 2.57 bits per heavy atom. The van der Waals surface area contributed by atoms with Crippen molar-refractivity contribution in [2.45, 2.75) is 12.3 Å². The molecule has 0 fully saturated rings. The fraction of sp³-hybridized carbons (Fsp3) is 0.0714. The number of nitrogens with zero attached hydrogens (tertiary/aromatic N) is 2. The first-order valence-electron chi connectivity index (χ1n) is 11.2. The summed E-state index contributed by atoms with van der Waals surface area (Å²) >= 11 is 0. The van der Waals surface area contributed by atoms with E-state index in [0.29, 0.717) is 11.3 Å². The molecule has 0 spiro atoms. The fourth-order valence-corrected chi connectivity index (χ4v) is 4.31. The molecule has 0 aliphatic carbocycles. The smallest absolute Gasteiger partial charge is 0.269 e. The van der Waals surface area contributed by atoms with Gasteiger partial charge in [0.2, 0.25) is 5.91 Å². The number of nitro benzene ring substituents is 1. The van der Waals surface area contributed by atoms with E-state index in [1.54, 1.807) is 18.3 Å². The van der Waals surface area contributed by atoms with Crippen LogP contribution in [0.25, 0.3) is 22.2 Å². The maximum atomic E-state index is 13.0. The van der Waals surface area contributed by atoms with E-state index in [9.17, 15) is 14.9 Å². The van der Waals surface area contributed by atoms with Crippen molar-refractivity contribution in [3.05, 3.63) is 125 Å². The number of aromatic nitrogens is 2. The Hall–Kier alpha value is -4.78. The first-order valence-corrected chi connectivity index (χ1v) is 11.2. The number of amides is 1. The average Bonchev–Trinajstić information content (AvgIpc) is 3.31. The Morgan fingerprint density at radius 1 is 0.971 bits per heavy atom. The Morgan fingerprint density at radius 2 is 1.80 bits per heavy atom. The number of hydrogen-bond acceptors (Lipinski definition) is 4. The van der Waals surface area contributed by atoms with Crippen LogP contribution in [-0.4, -0.2) is 20.8 Å². The number of rotatable bonds is 7. The van der Waals surface area contributed by atoms with Gasteiger partial charge in [-0.25, -0.2) is 0 Å². The van der Waals surface area contributed by atoms with E-state index in [1.807, 2.05) is 79.0 Å². The van der Waals surface area contributed by atoms with Gasteiger partial charge in [-0.05, 0) is 41.5 Å². The number of nitro groups is 1. The zero-order valence-electron chi connectivity index (χ0n) is 18.7. The number of anilines is 1. The number of carbonyl (C=O) groups excluding carboxylic acids is 1. The van der Waals surface area contributed by atoms with Crippen LogP contribution in [0.5, 0.6) is 0 Å². The third-order valence-electron chi connectivity index (χ3n) is 5.98. The summed E-state index contributed by atoms with van der Waals surface area (Å²) < 4.78 is 0. The maximum Gasteiger partial charge on any atom is 0.269 e. The minimum Gasteiger partial charge on any atom is -0.361 e. The third kappa shape index (κ3) is 4.79. The van der Waals surface area contributed by atoms with Crippen LogP contribution in [0.4, 0.5) is 11.4 Å². The van der Waals surface area contributed by atoms with Crippen LogP contribution >= 0.6 is 0 Å². The van der Waals surface area contributed by atoms with Gasteiger partial charge in [-0.2, -0.15) is 0 Å². The SMILES string of the molecule is O=C(C[C@H](c1cccc([N+](=O)[O-])c1)c1c[nH]c2cc(-c3ccccn3)ccc12)Nc1ccccc1. The monoisotopic (exact) mass is 462 g/mol. The molecule has 0 aliphatic rings. The number of pyridine rings is 1. The van der Waals surface area contributed by atoms with Crippen molar-refractivity contribution in [2.75, 3.05) is 5.32 Å². The van der Waals surface area contributed by atoms with Crippen molar-refractivity contribution >= 4 is 28.2 Å². The summed E-state index contributed by atoms with van der Waals surface area (Å²) in [5, 5.41) is 15.3. The fourth-order valence-electron chi connectivity index (χ4n) is 4.31. The van der Waals surface area contributed by atoms with Gasteiger partial charge in [0, 0.05) is 59.0 Å². The number of para-hydroxylation sites is 1. The van der Waals surface area contributed by atoms with E-state index in [2.05, 4.69) is 15.3 Å². The highest BCUT2D eigenvalue weighted by atomic mass is 16.6. The Labute approximate surface area is 201 Å². The first-order chi connectivity index (χ1) is 17.1. The number of aromatic amines is 1. The minimum atomic E-state index is -0.418. The second-order valence-corrected chi connectivity index (χ2v) is 8.24. The van der Waals surface area contributed by atoms with E-state index in [4.69, 9.17) is 0 Å². The molecule has 0 saturated heterocycles. The molecule has 5 aromatic rings. The molecule has 2 heterocycles. The molecule has 1 amide bonds. The number of hydrogen-bond donors (Lipinski definition) is 2. The van der Waals surface area contributed by atoms with Crippen molar-refractivity contribution in [3.8, 4) is 11.3 Å². The van der Waals surface area contributed by atoms with Crippen LogP contribution in [0.3, 0.4) is 0 Å². The van der Waals surface area contributed by atoms with E-state index >= 15 is 0 Å². The summed E-state index contributed by atoms with van der Waals surface area (Å²) in [6.07, 6.45) is 3.76. The van der Waals surface area contributed by atoms with Crippen molar-refractivity contribution in [1.82, 2.24) is 9.97 Å². The largest absolute Gasteiger partial charge is 0.361 e. The third-order valence-corrected chi connectivity index (χ3v) is 5.98. The first kappa shape index (κ1) is 22.0. The molecule has 5 rings (SSSR count). The van der Waals surface area contributed by atoms with Crippen molar-refractivity contribution in [1.29, 1.82) is 0 Å². The Kier molecular flexibility index (Phi) is 6.05. The average molecular weight is 463 g/mol. The predicted octanol–water partition coefficient (Wildman–Crippen LogP) is 6.30. The number of fused-ring (bicyclic) bond motifs is 1. The van der Waals surface area contributed by atoms with Gasteiger partial charge in [-0.1, -0.05) is 48.5 Å². The summed E-state index contributed by atoms with van der Waals surface area (Å²) in [6.45, 7) is 0. The molecule has 7 heteroatoms. The van der Waals surface area contributed by atoms with Gasteiger partial charge in [0.1, 0.15) is 0 Å². The van der Waals surface area contributed by atoms with Gasteiger partial charge in [0.05, 0.1) is 10.6 Å². The van der Waals surface area contributed by atoms with Crippen LogP contribution in [0.15, 0.2) is 103 Å². The molecule has 0 unspecified atom stereocenters. The molecule has 0 aliphatic heterocycles. The van der Waals surface area contributed by atoms with Gasteiger partial charge in [-0.15, -0.1) is 0 Å². The van der Waals surface area contributed by atoms with E-state index in [-0.39, 0.29) is 23.9 Å². The van der Waals surface area contributed by atoms with Crippen LogP contribution in [0, 0.1) is 10.1 Å². The van der Waals surface area contributed by atoms with Crippen molar-refractivity contribution in [3.63, 3.8) is 0 Å². The maximum absolute atomic E-state index is 13.0. The molecule has 0 radical (unpaired) electrons. The lowest BCUT2D eigenvalue weighted by molar-refractivity contribution is -0.384. The summed E-state index contributed by atoms with van der Waals surface area (Å²) in [5.41, 5.74) is 5.04. The molecule has 172 valence electrons. The van der Waals surface area contributed by atoms with E-state index < -0.39 is 4.92 Å². The lowest BCUT2D eigenvalue weighted by atomic mass is 9.87. The lowest BCUT2D eigenvalue weighted by Crippen LogP contribution is -2.16. The molecular formula is C28H22N4O3. The van der Waals surface area contributed by atoms with E-state index in [1.165, 1.54) is 6.07 Å². The number of non-ortho nitro benzene ring substituents is 1. The van der Waals surface area contributed by atoms with Crippen LogP contribution in [0.1, 0.15) is 23.5 Å². The molecule has 2 N–H and O–H groups in total. The number of benzene rings is 3. The molecule has 1 atom stereocenters. The number of carbonyl (C=O) groups is 1. The van der Waals surface area contributed by atoms with Gasteiger partial charge in [0.15, 0.2) is 0 Å². The summed E-state index contributed by atoms with van der Waals surface area (Å²) in [7, 11) is 0.